The summed E-state index contributed by atoms with van der Waals surface area (Å²) < 4.78 is 31.9. The highest BCUT2D eigenvalue weighted by molar-refractivity contribution is 7.89. The minimum Gasteiger partial charge on any atom is -0.497 e. The molecular formula is C22H28N2O4S. The zero-order valence-electron chi connectivity index (χ0n) is 17.6. The number of methoxy groups -OCH3 is 1. The van der Waals surface area contributed by atoms with Crippen molar-refractivity contribution in [1.29, 1.82) is 0 Å². The van der Waals surface area contributed by atoms with Crippen LogP contribution in [0.4, 0.5) is 0 Å². The molecule has 0 bridgehead atoms. The van der Waals surface area contributed by atoms with Crippen LogP contribution >= 0.6 is 0 Å². The second-order valence-electron chi connectivity index (χ2n) is 7.63. The van der Waals surface area contributed by atoms with Gasteiger partial charge in [0.15, 0.2) is 0 Å². The molecule has 0 saturated carbocycles. The van der Waals surface area contributed by atoms with E-state index >= 15 is 0 Å². The van der Waals surface area contributed by atoms with Crippen LogP contribution in [0.25, 0.3) is 0 Å². The van der Waals surface area contributed by atoms with Crippen molar-refractivity contribution in [3.63, 3.8) is 0 Å². The largest absolute Gasteiger partial charge is 0.497 e. The Bertz CT molecular complexity index is 1010. The molecule has 1 heterocycles. The summed E-state index contributed by atoms with van der Waals surface area (Å²) >= 11 is 0. The van der Waals surface area contributed by atoms with Gasteiger partial charge >= 0.3 is 0 Å². The van der Waals surface area contributed by atoms with Gasteiger partial charge < -0.3 is 9.64 Å². The molecule has 6 nitrogen and oxygen atoms in total. The summed E-state index contributed by atoms with van der Waals surface area (Å²) in [6.07, 6.45) is 1.79. The van der Waals surface area contributed by atoms with E-state index in [0.717, 1.165) is 29.7 Å². The molecule has 1 atom stereocenters. The highest BCUT2D eigenvalue weighted by atomic mass is 32.2. The molecule has 1 amide bonds. The van der Waals surface area contributed by atoms with E-state index in [1.807, 2.05) is 36.1 Å². The SMILES string of the molecule is COc1ccc(C2CCCN2C(=O)c2cc(C)c(C)c(S(=O)(=O)N(C)C)c2)cc1. The van der Waals surface area contributed by atoms with Crippen LogP contribution in [-0.2, 0) is 10.0 Å². The van der Waals surface area contributed by atoms with Crippen LogP contribution in [0.3, 0.4) is 0 Å². The topological polar surface area (TPSA) is 66.9 Å². The number of hydrogen-bond donors (Lipinski definition) is 0. The number of benzene rings is 2. The molecule has 1 fully saturated rings. The van der Waals surface area contributed by atoms with Crippen molar-refractivity contribution in [2.75, 3.05) is 27.7 Å². The first kappa shape index (κ1) is 21.3. The summed E-state index contributed by atoms with van der Waals surface area (Å²) in [6, 6.07) is 11.0. The number of likely N-dealkylation sites (tertiary alicyclic amines) is 1. The van der Waals surface area contributed by atoms with E-state index in [1.54, 1.807) is 20.1 Å². The highest BCUT2D eigenvalue weighted by Gasteiger charge is 2.32. The molecule has 3 rings (SSSR count). The van der Waals surface area contributed by atoms with Crippen molar-refractivity contribution in [2.24, 2.45) is 0 Å². The number of carbonyl (C=O) groups excluding carboxylic acids is 1. The van der Waals surface area contributed by atoms with E-state index in [1.165, 1.54) is 24.5 Å². The molecule has 1 unspecified atom stereocenters. The number of carbonyl (C=O) groups is 1. The summed E-state index contributed by atoms with van der Waals surface area (Å²) in [6.45, 7) is 4.26. The van der Waals surface area contributed by atoms with Crippen LogP contribution in [0, 0.1) is 13.8 Å². The summed E-state index contributed by atoms with van der Waals surface area (Å²) in [5, 5.41) is 0. The highest BCUT2D eigenvalue weighted by Crippen LogP contribution is 2.34. The van der Waals surface area contributed by atoms with Crippen molar-refractivity contribution in [2.45, 2.75) is 37.6 Å². The van der Waals surface area contributed by atoms with Crippen molar-refractivity contribution < 1.29 is 17.9 Å². The van der Waals surface area contributed by atoms with Crippen molar-refractivity contribution in [3.8, 4) is 5.75 Å². The van der Waals surface area contributed by atoms with Crippen molar-refractivity contribution in [1.82, 2.24) is 9.21 Å². The lowest BCUT2D eigenvalue weighted by atomic mass is 10.0. The van der Waals surface area contributed by atoms with Gasteiger partial charge in [-0.25, -0.2) is 12.7 Å². The quantitative estimate of drug-likeness (QED) is 0.748. The lowest BCUT2D eigenvalue weighted by Crippen LogP contribution is -2.31. The summed E-state index contributed by atoms with van der Waals surface area (Å²) in [5.41, 5.74) is 2.93. The monoisotopic (exact) mass is 416 g/mol. The minimum atomic E-state index is -3.63. The van der Waals surface area contributed by atoms with Gasteiger partial charge in [0.1, 0.15) is 5.75 Å². The standard InChI is InChI=1S/C22H28N2O4S/c1-15-13-18(14-21(16(15)2)29(26,27)23(3)4)22(25)24-12-6-7-20(24)17-8-10-19(28-5)11-9-17/h8-11,13-14,20H,6-7,12H2,1-5H3. The van der Waals surface area contributed by atoms with Crippen molar-refractivity contribution >= 4 is 15.9 Å². The lowest BCUT2D eigenvalue weighted by molar-refractivity contribution is 0.0735. The van der Waals surface area contributed by atoms with E-state index in [4.69, 9.17) is 4.74 Å². The smallest absolute Gasteiger partial charge is 0.254 e. The van der Waals surface area contributed by atoms with Gasteiger partial charge in [-0.2, -0.15) is 0 Å². The molecular weight excluding hydrogens is 388 g/mol. The van der Waals surface area contributed by atoms with Gasteiger partial charge in [-0.05, 0) is 67.6 Å². The Kier molecular flexibility index (Phi) is 6.00. The van der Waals surface area contributed by atoms with Crippen LogP contribution in [0.5, 0.6) is 5.75 Å². The Labute approximate surface area is 173 Å². The first-order valence-electron chi connectivity index (χ1n) is 9.65. The van der Waals surface area contributed by atoms with E-state index in [-0.39, 0.29) is 16.8 Å². The molecule has 29 heavy (non-hydrogen) atoms. The van der Waals surface area contributed by atoms with Crippen LogP contribution < -0.4 is 4.74 Å². The Morgan fingerprint density at radius 3 is 2.38 bits per heavy atom. The van der Waals surface area contributed by atoms with Crippen LogP contribution in [-0.4, -0.2) is 51.3 Å². The maximum absolute atomic E-state index is 13.4. The van der Waals surface area contributed by atoms with Gasteiger partial charge in [-0.15, -0.1) is 0 Å². The van der Waals surface area contributed by atoms with Gasteiger partial charge in [0.2, 0.25) is 10.0 Å². The van der Waals surface area contributed by atoms with E-state index < -0.39 is 10.0 Å². The number of sulfonamides is 1. The molecule has 0 aliphatic carbocycles. The average molecular weight is 417 g/mol. The molecule has 156 valence electrons. The normalized spacial score (nSPS) is 17.0. The fourth-order valence-electron chi connectivity index (χ4n) is 3.76. The predicted octanol–water partition coefficient (Wildman–Crippen LogP) is 3.54. The molecule has 0 N–H and O–H groups in total. The maximum Gasteiger partial charge on any atom is 0.254 e. The first-order valence-corrected chi connectivity index (χ1v) is 11.1. The molecule has 0 spiro atoms. The lowest BCUT2D eigenvalue weighted by Gasteiger charge is -2.26. The van der Waals surface area contributed by atoms with Gasteiger partial charge in [0, 0.05) is 26.2 Å². The third kappa shape index (κ3) is 4.02. The number of hydrogen-bond acceptors (Lipinski definition) is 4. The number of amides is 1. The van der Waals surface area contributed by atoms with Crippen LogP contribution in [0.2, 0.25) is 0 Å². The van der Waals surface area contributed by atoms with Gasteiger partial charge in [0.05, 0.1) is 18.0 Å². The number of aryl methyl sites for hydroxylation is 1. The molecule has 0 aromatic heterocycles. The van der Waals surface area contributed by atoms with Gasteiger partial charge in [-0.1, -0.05) is 12.1 Å². The second-order valence-corrected chi connectivity index (χ2v) is 9.75. The molecule has 0 radical (unpaired) electrons. The Morgan fingerprint density at radius 1 is 1.14 bits per heavy atom. The van der Waals surface area contributed by atoms with Gasteiger partial charge in [0.25, 0.3) is 5.91 Å². The maximum atomic E-state index is 13.4. The summed E-state index contributed by atoms with van der Waals surface area (Å²) in [7, 11) is 0.988. The van der Waals surface area contributed by atoms with Crippen LogP contribution in [0.1, 0.15) is 45.9 Å². The molecule has 1 aliphatic rings. The summed E-state index contributed by atoms with van der Waals surface area (Å²) in [4.78, 5) is 15.4. The minimum absolute atomic E-state index is 0.0241. The second kappa shape index (κ2) is 8.16. The molecule has 2 aromatic carbocycles. The van der Waals surface area contributed by atoms with E-state index in [9.17, 15) is 13.2 Å². The van der Waals surface area contributed by atoms with E-state index in [2.05, 4.69) is 0 Å². The zero-order chi connectivity index (χ0) is 21.3. The van der Waals surface area contributed by atoms with E-state index in [0.29, 0.717) is 17.7 Å². The fourth-order valence-corrected chi connectivity index (χ4v) is 4.98. The molecule has 1 aliphatic heterocycles. The number of nitrogens with zero attached hydrogens (tertiary/aromatic N) is 2. The van der Waals surface area contributed by atoms with Crippen molar-refractivity contribution in [3.05, 3.63) is 58.7 Å². The Hall–Kier alpha value is -2.38. The van der Waals surface area contributed by atoms with Gasteiger partial charge in [-0.3, -0.25) is 4.79 Å². The third-order valence-corrected chi connectivity index (χ3v) is 7.58. The number of ether oxygens (including phenoxy) is 1. The molecule has 1 saturated heterocycles. The predicted molar refractivity (Wildman–Crippen MR) is 113 cm³/mol. The van der Waals surface area contributed by atoms with Crippen LogP contribution in [0.15, 0.2) is 41.3 Å². The Balaban J connectivity index is 1.98. The third-order valence-electron chi connectivity index (χ3n) is 5.64. The molecule has 2 aromatic rings. The summed E-state index contributed by atoms with van der Waals surface area (Å²) in [5.74, 6) is 0.638. The fraction of sp³-hybridized carbons (Fsp3) is 0.409. The Morgan fingerprint density at radius 2 is 1.79 bits per heavy atom. The first-order chi connectivity index (χ1) is 13.7. The molecule has 7 heteroatoms. The number of rotatable bonds is 5. The zero-order valence-corrected chi connectivity index (χ0v) is 18.4. The average Bonchev–Trinajstić information content (AvgIpc) is 3.19.